The van der Waals surface area contributed by atoms with Crippen LogP contribution < -0.4 is 5.32 Å². The molecule has 0 saturated carbocycles. The molecule has 0 aliphatic rings. The van der Waals surface area contributed by atoms with Crippen molar-refractivity contribution >= 4 is 5.69 Å². The molecule has 0 aliphatic heterocycles. The summed E-state index contributed by atoms with van der Waals surface area (Å²) in [6.45, 7) is 0.999. The van der Waals surface area contributed by atoms with Crippen LogP contribution in [0, 0.1) is 0 Å². The van der Waals surface area contributed by atoms with Gasteiger partial charge in [-0.3, -0.25) is 4.68 Å². The normalized spacial score (nSPS) is 10.3. The molecule has 1 N–H and O–H groups in total. The average Bonchev–Trinajstić information content (AvgIpc) is 2.72. The average molecular weight is 215 g/mol. The first-order chi connectivity index (χ1) is 7.84. The molecule has 2 aromatic rings. The third kappa shape index (κ3) is 3.12. The summed E-state index contributed by atoms with van der Waals surface area (Å²) >= 11 is 0. The highest BCUT2D eigenvalue weighted by molar-refractivity contribution is 5.42. The zero-order chi connectivity index (χ0) is 11.2. The van der Waals surface area contributed by atoms with Crippen molar-refractivity contribution in [2.45, 2.75) is 12.8 Å². The minimum Gasteiger partial charge on any atom is -0.385 e. The lowest BCUT2D eigenvalue weighted by molar-refractivity contribution is 0.766. The molecule has 0 atom stereocenters. The molecule has 1 aromatic heterocycles. The molecule has 0 saturated heterocycles. The lowest BCUT2D eigenvalue weighted by Gasteiger charge is -2.04. The Bertz CT molecular complexity index is 420. The Morgan fingerprint density at radius 2 is 2.06 bits per heavy atom. The van der Waals surface area contributed by atoms with E-state index in [1.54, 1.807) is 0 Å². The van der Waals surface area contributed by atoms with E-state index in [0.717, 1.165) is 19.4 Å². The van der Waals surface area contributed by atoms with Crippen LogP contribution in [0.15, 0.2) is 42.7 Å². The van der Waals surface area contributed by atoms with E-state index < -0.39 is 0 Å². The van der Waals surface area contributed by atoms with Crippen LogP contribution in [0.4, 0.5) is 5.69 Å². The molecule has 0 aliphatic carbocycles. The molecule has 16 heavy (non-hydrogen) atoms. The second-order valence-electron chi connectivity index (χ2n) is 3.92. The number of aromatic nitrogens is 2. The number of para-hydroxylation sites is 1. The number of aryl methyl sites for hydroxylation is 2. The molecule has 0 radical (unpaired) electrons. The molecule has 0 unspecified atom stereocenters. The summed E-state index contributed by atoms with van der Waals surface area (Å²) in [5.41, 5.74) is 2.49. The Balaban J connectivity index is 1.69. The van der Waals surface area contributed by atoms with Crippen molar-refractivity contribution in [3.63, 3.8) is 0 Å². The predicted octanol–water partition coefficient (Wildman–Crippen LogP) is 2.46. The molecule has 3 nitrogen and oxygen atoms in total. The number of benzene rings is 1. The van der Waals surface area contributed by atoms with E-state index in [4.69, 9.17) is 0 Å². The summed E-state index contributed by atoms with van der Waals surface area (Å²) in [6, 6.07) is 10.3. The van der Waals surface area contributed by atoms with E-state index in [1.165, 1.54) is 11.3 Å². The molecule has 84 valence electrons. The Kier molecular flexibility index (Phi) is 3.59. The third-order valence-electron chi connectivity index (χ3n) is 2.50. The van der Waals surface area contributed by atoms with Crippen molar-refractivity contribution in [3.8, 4) is 0 Å². The maximum Gasteiger partial charge on any atom is 0.0521 e. The van der Waals surface area contributed by atoms with Gasteiger partial charge in [0.2, 0.25) is 0 Å². The SMILES string of the molecule is Cn1cc(CCCNc2ccccc2)cn1. The van der Waals surface area contributed by atoms with Crippen LogP contribution in [-0.2, 0) is 13.5 Å². The van der Waals surface area contributed by atoms with Gasteiger partial charge >= 0.3 is 0 Å². The maximum atomic E-state index is 4.15. The quantitative estimate of drug-likeness (QED) is 0.776. The number of rotatable bonds is 5. The molecule has 0 amide bonds. The molecular formula is C13H17N3. The summed E-state index contributed by atoms with van der Waals surface area (Å²) in [5.74, 6) is 0. The van der Waals surface area contributed by atoms with Crippen LogP contribution in [0.25, 0.3) is 0 Å². The van der Waals surface area contributed by atoms with E-state index in [2.05, 4.69) is 28.7 Å². The van der Waals surface area contributed by atoms with Gasteiger partial charge < -0.3 is 5.32 Å². The molecule has 1 aromatic carbocycles. The highest BCUT2D eigenvalue weighted by Crippen LogP contribution is 2.06. The van der Waals surface area contributed by atoms with Crippen molar-refractivity contribution < 1.29 is 0 Å². The van der Waals surface area contributed by atoms with Crippen molar-refractivity contribution in [1.29, 1.82) is 0 Å². The van der Waals surface area contributed by atoms with E-state index in [-0.39, 0.29) is 0 Å². The van der Waals surface area contributed by atoms with Gasteiger partial charge in [-0.15, -0.1) is 0 Å². The van der Waals surface area contributed by atoms with Crippen LogP contribution in [-0.4, -0.2) is 16.3 Å². The van der Waals surface area contributed by atoms with Crippen LogP contribution in [0.1, 0.15) is 12.0 Å². The van der Waals surface area contributed by atoms with Gasteiger partial charge in [-0.2, -0.15) is 5.10 Å². The van der Waals surface area contributed by atoms with Gasteiger partial charge in [-0.25, -0.2) is 0 Å². The minimum atomic E-state index is 0.999. The van der Waals surface area contributed by atoms with Crippen molar-refractivity contribution in [3.05, 3.63) is 48.3 Å². The van der Waals surface area contributed by atoms with Crippen molar-refractivity contribution in [2.24, 2.45) is 7.05 Å². The second kappa shape index (κ2) is 5.35. The van der Waals surface area contributed by atoms with E-state index >= 15 is 0 Å². The highest BCUT2D eigenvalue weighted by Gasteiger charge is 1.95. The molecule has 0 spiro atoms. The molecule has 1 heterocycles. The Hall–Kier alpha value is -1.77. The fourth-order valence-electron chi connectivity index (χ4n) is 1.68. The number of anilines is 1. The fraction of sp³-hybridized carbons (Fsp3) is 0.308. The van der Waals surface area contributed by atoms with Gasteiger partial charge in [0, 0.05) is 25.5 Å². The standard InChI is InChI=1S/C13H17N3/c1-16-11-12(10-15-16)6-5-9-14-13-7-3-2-4-8-13/h2-4,7-8,10-11,14H,5-6,9H2,1H3. The van der Waals surface area contributed by atoms with Gasteiger partial charge in [0.05, 0.1) is 6.20 Å². The van der Waals surface area contributed by atoms with Gasteiger partial charge in [-0.05, 0) is 30.5 Å². The number of nitrogens with one attached hydrogen (secondary N) is 1. The van der Waals surface area contributed by atoms with Gasteiger partial charge in [-0.1, -0.05) is 18.2 Å². The molecule has 3 heteroatoms. The highest BCUT2D eigenvalue weighted by atomic mass is 15.2. The first-order valence-corrected chi connectivity index (χ1v) is 5.61. The number of hydrogen-bond acceptors (Lipinski definition) is 2. The Labute approximate surface area is 96.1 Å². The van der Waals surface area contributed by atoms with E-state index in [1.807, 2.05) is 36.1 Å². The van der Waals surface area contributed by atoms with Crippen LogP contribution in [0.5, 0.6) is 0 Å². The molecule has 2 rings (SSSR count). The monoisotopic (exact) mass is 215 g/mol. The van der Waals surface area contributed by atoms with Gasteiger partial charge in [0.1, 0.15) is 0 Å². The van der Waals surface area contributed by atoms with E-state index in [9.17, 15) is 0 Å². The first-order valence-electron chi connectivity index (χ1n) is 5.61. The Morgan fingerprint density at radius 1 is 1.25 bits per heavy atom. The lowest BCUT2D eigenvalue weighted by Crippen LogP contribution is -2.02. The Morgan fingerprint density at radius 3 is 2.75 bits per heavy atom. The predicted molar refractivity (Wildman–Crippen MR) is 66.5 cm³/mol. The summed E-state index contributed by atoms with van der Waals surface area (Å²) in [4.78, 5) is 0. The molecular weight excluding hydrogens is 198 g/mol. The zero-order valence-corrected chi connectivity index (χ0v) is 9.56. The maximum absolute atomic E-state index is 4.15. The van der Waals surface area contributed by atoms with Crippen LogP contribution in [0.3, 0.4) is 0 Å². The van der Waals surface area contributed by atoms with Crippen molar-refractivity contribution in [2.75, 3.05) is 11.9 Å². The van der Waals surface area contributed by atoms with E-state index in [0.29, 0.717) is 0 Å². The van der Waals surface area contributed by atoms with Gasteiger partial charge in [0.15, 0.2) is 0 Å². The second-order valence-corrected chi connectivity index (χ2v) is 3.92. The third-order valence-corrected chi connectivity index (χ3v) is 2.50. The number of nitrogens with zero attached hydrogens (tertiary/aromatic N) is 2. The first kappa shape index (κ1) is 10.7. The topological polar surface area (TPSA) is 29.9 Å². The van der Waals surface area contributed by atoms with Crippen molar-refractivity contribution in [1.82, 2.24) is 9.78 Å². The summed E-state index contributed by atoms with van der Waals surface area (Å²) < 4.78 is 1.85. The zero-order valence-electron chi connectivity index (χ0n) is 9.56. The lowest BCUT2D eigenvalue weighted by atomic mass is 10.2. The molecule has 0 bridgehead atoms. The van der Waals surface area contributed by atoms with Gasteiger partial charge in [0.25, 0.3) is 0 Å². The van der Waals surface area contributed by atoms with Crippen LogP contribution in [0.2, 0.25) is 0 Å². The molecule has 0 fully saturated rings. The van der Waals surface area contributed by atoms with Crippen LogP contribution >= 0.6 is 0 Å². The summed E-state index contributed by atoms with van der Waals surface area (Å²) in [5, 5.41) is 7.54. The summed E-state index contributed by atoms with van der Waals surface area (Å²) in [7, 11) is 1.95. The largest absolute Gasteiger partial charge is 0.385 e. The fourth-order valence-corrected chi connectivity index (χ4v) is 1.68. The number of hydrogen-bond donors (Lipinski definition) is 1. The minimum absolute atomic E-state index is 0.999. The summed E-state index contributed by atoms with van der Waals surface area (Å²) in [6.07, 6.45) is 6.21. The smallest absolute Gasteiger partial charge is 0.0521 e.